The molecule has 0 saturated heterocycles. The maximum atomic E-state index is 9.18. The van der Waals surface area contributed by atoms with Crippen molar-refractivity contribution in [1.82, 2.24) is 0 Å². The van der Waals surface area contributed by atoms with Gasteiger partial charge in [-0.2, -0.15) is 0 Å². The maximum absolute atomic E-state index is 9.18. The minimum Gasteiger partial charge on any atom is -0.508 e. The molecule has 0 radical (unpaired) electrons. The Morgan fingerprint density at radius 3 is 1.75 bits per heavy atom. The van der Waals surface area contributed by atoms with Crippen LogP contribution in [0, 0.1) is 5.41 Å². The van der Waals surface area contributed by atoms with Crippen molar-refractivity contribution in [3.05, 3.63) is 54.1 Å². The molecule has 2 aromatic carbocycles. The number of amidine groups is 1. The van der Waals surface area contributed by atoms with Gasteiger partial charge >= 0.3 is 0 Å². The van der Waals surface area contributed by atoms with E-state index in [0.29, 0.717) is 5.56 Å². The van der Waals surface area contributed by atoms with E-state index in [1.165, 1.54) is 0 Å². The summed E-state index contributed by atoms with van der Waals surface area (Å²) in [6, 6.07) is 14.4. The van der Waals surface area contributed by atoms with Crippen molar-refractivity contribution >= 4 is 5.84 Å². The Bertz CT molecular complexity index is 500. The lowest BCUT2D eigenvalue weighted by Gasteiger charge is -2.03. The molecule has 0 unspecified atom stereocenters. The van der Waals surface area contributed by atoms with Crippen LogP contribution in [0.1, 0.15) is 5.56 Å². The predicted molar refractivity (Wildman–Crippen MR) is 64.6 cm³/mol. The second-order valence-corrected chi connectivity index (χ2v) is 3.54. The molecule has 0 bridgehead atoms. The monoisotopic (exact) mass is 212 g/mol. The molecule has 80 valence electrons. The van der Waals surface area contributed by atoms with E-state index in [4.69, 9.17) is 11.1 Å². The first-order valence-electron chi connectivity index (χ1n) is 4.91. The zero-order chi connectivity index (χ0) is 11.5. The number of hydrogen-bond donors (Lipinski definition) is 3. The average Bonchev–Trinajstić information content (AvgIpc) is 2.30. The van der Waals surface area contributed by atoms with Crippen LogP contribution in [0.4, 0.5) is 0 Å². The van der Waals surface area contributed by atoms with Gasteiger partial charge in [-0.25, -0.2) is 0 Å². The van der Waals surface area contributed by atoms with E-state index < -0.39 is 0 Å². The van der Waals surface area contributed by atoms with E-state index in [9.17, 15) is 5.11 Å². The molecule has 0 aliphatic carbocycles. The molecule has 3 heteroatoms. The summed E-state index contributed by atoms with van der Waals surface area (Å²) in [5.74, 6) is 0.321. The molecular weight excluding hydrogens is 200 g/mol. The van der Waals surface area contributed by atoms with Crippen LogP contribution < -0.4 is 5.73 Å². The summed E-state index contributed by atoms with van der Waals surface area (Å²) in [6.45, 7) is 0. The van der Waals surface area contributed by atoms with Crippen LogP contribution in [0.3, 0.4) is 0 Å². The number of phenols is 1. The summed E-state index contributed by atoms with van der Waals surface area (Å²) in [5, 5.41) is 16.5. The maximum Gasteiger partial charge on any atom is 0.122 e. The predicted octanol–water partition coefficient (Wildman–Crippen LogP) is 2.34. The average molecular weight is 212 g/mol. The van der Waals surface area contributed by atoms with Gasteiger partial charge in [0, 0.05) is 5.56 Å². The molecule has 0 atom stereocenters. The normalized spacial score (nSPS) is 10.0. The molecule has 3 nitrogen and oxygen atoms in total. The Kier molecular flexibility index (Phi) is 2.60. The summed E-state index contributed by atoms with van der Waals surface area (Å²) < 4.78 is 0. The van der Waals surface area contributed by atoms with Gasteiger partial charge in [-0.15, -0.1) is 0 Å². The molecule has 0 saturated carbocycles. The van der Waals surface area contributed by atoms with Gasteiger partial charge in [-0.05, 0) is 23.3 Å². The Morgan fingerprint density at radius 2 is 1.31 bits per heavy atom. The third kappa shape index (κ3) is 2.03. The van der Waals surface area contributed by atoms with Crippen molar-refractivity contribution in [3.63, 3.8) is 0 Å². The fraction of sp³-hybridized carbons (Fsp3) is 0. The summed E-state index contributed by atoms with van der Waals surface area (Å²) in [7, 11) is 0. The number of hydrogen-bond acceptors (Lipinski definition) is 2. The lowest BCUT2D eigenvalue weighted by molar-refractivity contribution is 0.475. The molecule has 2 aromatic rings. The van der Waals surface area contributed by atoms with E-state index in [2.05, 4.69) is 0 Å². The number of nitrogens with one attached hydrogen (secondary N) is 1. The van der Waals surface area contributed by atoms with Gasteiger partial charge in [0.15, 0.2) is 0 Å². The van der Waals surface area contributed by atoms with E-state index in [0.717, 1.165) is 11.1 Å². The number of phenolic OH excluding ortho intramolecular Hbond substituents is 1. The molecule has 2 rings (SSSR count). The molecule has 0 heterocycles. The summed E-state index contributed by atoms with van der Waals surface area (Å²) >= 11 is 0. The van der Waals surface area contributed by atoms with Crippen molar-refractivity contribution in [2.24, 2.45) is 5.73 Å². The van der Waals surface area contributed by atoms with Crippen LogP contribution in [0.15, 0.2) is 48.5 Å². The van der Waals surface area contributed by atoms with Gasteiger partial charge in [0.1, 0.15) is 11.6 Å². The topological polar surface area (TPSA) is 70.1 Å². The minimum absolute atomic E-state index is 0.0669. The minimum atomic E-state index is 0.0669. The van der Waals surface area contributed by atoms with Crippen molar-refractivity contribution in [2.45, 2.75) is 0 Å². The van der Waals surface area contributed by atoms with Gasteiger partial charge in [-0.3, -0.25) is 5.41 Å². The van der Waals surface area contributed by atoms with Crippen LogP contribution in [0.2, 0.25) is 0 Å². The van der Waals surface area contributed by atoms with Crippen LogP contribution in [-0.2, 0) is 0 Å². The molecule has 0 aliphatic heterocycles. The van der Waals surface area contributed by atoms with Crippen LogP contribution >= 0.6 is 0 Å². The lowest BCUT2D eigenvalue weighted by atomic mass is 10.0. The highest BCUT2D eigenvalue weighted by molar-refractivity contribution is 5.95. The van der Waals surface area contributed by atoms with E-state index in [1.807, 2.05) is 36.4 Å². The molecular formula is C13H12N2O. The summed E-state index contributed by atoms with van der Waals surface area (Å²) in [5.41, 5.74) is 8.14. The smallest absolute Gasteiger partial charge is 0.122 e. The fourth-order valence-electron chi connectivity index (χ4n) is 1.50. The first kappa shape index (κ1) is 10.2. The van der Waals surface area contributed by atoms with Gasteiger partial charge in [0.2, 0.25) is 0 Å². The Morgan fingerprint density at radius 1 is 0.875 bits per heavy atom. The van der Waals surface area contributed by atoms with E-state index in [1.54, 1.807) is 12.1 Å². The van der Waals surface area contributed by atoms with Crippen molar-refractivity contribution in [1.29, 1.82) is 5.41 Å². The second-order valence-electron chi connectivity index (χ2n) is 3.54. The van der Waals surface area contributed by atoms with Crippen LogP contribution in [-0.4, -0.2) is 10.9 Å². The number of nitrogen functional groups attached to an aromatic ring is 1. The zero-order valence-electron chi connectivity index (χ0n) is 8.64. The van der Waals surface area contributed by atoms with Gasteiger partial charge in [0.05, 0.1) is 0 Å². The summed E-state index contributed by atoms with van der Waals surface area (Å²) in [6.07, 6.45) is 0. The highest BCUT2D eigenvalue weighted by Gasteiger charge is 1.99. The van der Waals surface area contributed by atoms with Crippen molar-refractivity contribution in [3.8, 4) is 16.9 Å². The highest BCUT2D eigenvalue weighted by Crippen LogP contribution is 2.21. The quantitative estimate of drug-likeness (QED) is 0.528. The Balaban J connectivity index is 2.34. The first-order valence-corrected chi connectivity index (χ1v) is 4.91. The van der Waals surface area contributed by atoms with Crippen molar-refractivity contribution in [2.75, 3.05) is 0 Å². The second kappa shape index (κ2) is 4.06. The number of aromatic hydroxyl groups is 1. The molecule has 16 heavy (non-hydrogen) atoms. The third-order valence-corrected chi connectivity index (χ3v) is 2.40. The standard InChI is InChI=1S/C13H12N2O/c14-13(15)11-3-1-9(2-4-11)10-5-7-12(16)8-6-10/h1-8,16H,(H3,14,15). The molecule has 0 amide bonds. The van der Waals surface area contributed by atoms with Crippen LogP contribution in [0.5, 0.6) is 5.75 Å². The van der Waals surface area contributed by atoms with Gasteiger partial charge < -0.3 is 10.8 Å². The Labute approximate surface area is 93.7 Å². The molecule has 0 aliphatic rings. The Hall–Kier alpha value is -2.29. The molecule has 0 fully saturated rings. The van der Waals surface area contributed by atoms with Gasteiger partial charge in [0.25, 0.3) is 0 Å². The van der Waals surface area contributed by atoms with Crippen LogP contribution in [0.25, 0.3) is 11.1 Å². The molecule has 4 N–H and O–H groups in total. The first-order chi connectivity index (χ1) is 7.66. The SMILES string of the molecule is N=C(N)c1ccc(-c2ccc(O)cc2)cc1. The number of rotatable bonds is 2. The largest absolute Gasteiger partial charge is 0.508 e. The molecule has 0 spiro atoms. The fourth-order valence-corrected chi connectivity index (χ4v) is 1.50. The highest BCUT2D eigenvalue weighted by atomic mass is 16.3. The zero-order valence-corrected chi connectivity index (χ0v) is 8.64. The van der Waals surface area contributed by atoms with Crippen molar-refractivity contribution < 1.29 is 5.11 Å². The van der Waals surface area contributed by atoms with E-state index in [-0.39, 0.29) is 11.6 Å². The van der Waals surface area contributed by atoms with Gasteiger partial charge in [-0.1, -0.05) is 36.4 Å². The lowest BCUT2D eigenvalue weighted by Crippen LogP contribution is -2.10. The summed E-state index contributed by atoms with van der Waals surface area (Å²) in [4.78, 5) is 0. The number of benzene rings is 2. The molecule has 0 aromatic heterocycles. The third-order valence-electron chi connectivity index (χ3n) is 2.40. The number of nitrogens with two attached hydrogens (primary N) is 1. The van der Waals surface area contributed by atoms with E-state index >= 15 is 0 Å².